The van der Waals surface area contributed by atoms with Crippen LogP contribution in [0.2, 0.25) is 5.02 Å². The lowest BCUT2D eigenvalue weighted by atomic mass is 10.1. The van der Waals surface area contributed by atoms with Gasteiger partial charge in [0.1, 0.15) is 17.6 Å². The molecule has 2 amide bonds. The second-order valence-corrected chi connectivity index (χ2v) is 7.34. The van der Waals surface area contributed by atoms with Crippen LogP contribution >= 0.6 is 23.4 Å². The third kappa shape index (κ3) is 3.79. The van der Waals surface area contributed by atoms with Gasteiger partial charge in [-0.25, -0.2) is 4.79 Å². The van der Waals surface area contributed by atoms with Crippen LogP contribution in [0, 0.1) is 6.92 Å². The summed E-state index contributed by atoms with van der Waals surface area (Å²) in [6.45, 7) is 3.38. The summed E-state index contributed by atoms with van der Waals surface area (Å²) in [7, 11) is 1.20. The zero-order chi connectivity index (χ0) is 19.7. The van der Waals surface area contributed by atoms with Crippen LogP contribution in [0.15, 0.2) is 39.7 Å². The lowest BCUT2D eigenvalue weighted by Gasteiger charge is -2.18. The molecule has 0 unspecified atom stereocenters. The normalized spacial score (nSPS) is 16.9. The first kappa shape index (κ1) is 19.3. The first-order valence-corrected chi connectivity index (χ1v) is 9.22. The van der Waals surface area contributed by atoms with Gasteiger partial charge < -0.3 is 9.15 Å². The summed E-state index contributed by atoms with van der Waals surface area (Å²) in [5.74, 6) is -0.195. The second-order valence-electron chi connectivity index (χ2n) is 5.91. The molecule has 1 saturated heterocycles. The molecule has 1 aromatic heterocycles. The molecule has 0 saturated carbocycles. The smallest absolute Gasteiger partial charge is 0.328 e. The molecule has 8 heteroatoms. The monoisotopic (exact) mass is 405 g/mol. The SMILES string of the molecule is COC(=O)[C@@H](C)N1C(=O)S/C(=C/c2ccc(-c3cc(Cl)ccc3C)o2)C1=O. The van der Waals surface area contributed by atoms with Gasteiger partial charge in [-0.05, 0) is 55.4 Å². The van der Waals surface area contributed by atoms with Gasteiger partial charge in [0.05, 0.1) is 12.0 Å². The molecule has 1 aliphatic rings. The highest BCUT2D eigenvalue weighted by atomic mass is 35.5. The molecule has 0 aliphatic carbocycles. The molecule has 1 aromatic carbocycles. The summed E-state index contributed by atoms with van der Waals surface area (Å²) in [5.41, 5.74) is 1.84. The number of halogens is 1. The summed E-state index contributed by atoms with van der Waals surface area (Å²) in [6, 6.07) is 7.96. The summed E-state index contributed by atoms with van der Waals surface area (Å²) in [6.07, 6.45) is 1.48. The van der Waals surface area contributed by atoms with Gasteiger partial charge in [0, 0.05) is 16.7 Å². The van der Waals surface area contributed by atoms with Crippen LogP contribution < -0.4 is 0 Å². The number of amides is 2. The van der Waals surface area contributed by atoms with Crippen LogP contribution in [-0.2, 0) is 14.3 Å². The predicted molar refractivity (Wildman–Crippen MR) is 103 cm³/mol. The fourth-order valence-corrected chi connectivity index (χ4v) is 3.71. The molecule has 2 heterocycles. The van der Waals surface area contributed by atoms with E-state index in [-0.39, 0.29) is 4.91 Å². The fourth-order valence-electron chi connectivity index (χ4n) is 2.65. The van der Waals surface area contributed by atoms with E-state index in [2.05, 4.69) is 4.74 Å². The van der Waals surface area contributed by atoms with Crippen molar-refractivity contribution < 1.29 is 23.5 Å². The van der Waals surface area contributed by atoms with Crippen molar-refractivity contribution in [3.63, 3.8) is 0 Å². The van der Waals surface area contributed by atoms with Gasteiger partial charge in [-0.3, -0.25) is 14.5 Å². The van der Waals surface area contributed by atoms with Crippen molar-refractivity contribution >= 4 is 46.6 Å². The van der Waals surface area contributed by atoms with Crippen LogP contribution in [-0.4, -0.2) is 35.2 Å². The van der Waals surface area contributed by atoms with Gasteiger partial charge >= 0.3 is 5.97 Å². The fraction of sp³-hybridized carbons (Fsp3) is 0.211. The molecular formula is C19H16ClNO5S. The Hall–Kier alpha value is -2.51. The highest BCUT2D eigenvalue weighted by Crippen LogP contribution is 2.35. The van der Waals surface area contributed by atoms with E-state index in [4.69, 9.17) is 16.0 Å². The second kappa shape index (κ2) is 7.62. The zero-order valence-corrected chi connectivity index (χ0v) is 16.4. The largest absolute Gasteiger partial charge is 0.467 e. The number of nitrogens with zero attached hydrogens (tertiary/aromatic N) is 1. The van der Waals surface area contributed by atoms with E-state index in [1.807, 2.05) is 13.0 Å². The summed E-state index contributed by atoms with van der Waals surface area (Å²) in [4.78, 5) is 37.3. The van der Waals surface area contributed by atoms with Gasteiger partial charge in [0.25, 0.3) is 11.1 Å². The number of thioether (sulfide) groups is 1. The van der Waals surface area contributed by atoms with Gasteiger partial charge in [-0.1, -0.05) is 17.7 Å². The Kier molecular flexibility index (Phi) is 5.43. The number of hydrogen-bond acceptors (Lipinski definition) is 6. The molecule has 1 fully saturated rings. The molecule has 3 rings (SSSR count). The molecule has 1 aliphatic heterocycles. The zero-order valence-electron chi connectivity index (χ0n) is 14.8. The van der Waals surface area contributed by atoms with Crippen LogP contribution in [0.3, 0.4) is 0 Å². The number of esters is 1. The summed E-state index contributed by atoms with van der Waals surface area (Å²) < 4.78 is 10.4. The molecule has 0 bridgehead atoms. The van der Waals surface area contributed by atoms with Gasteiger partial charge in [-0.15, -0.1) is 0 Å². The van der Waals surface area contributed by atoms with E-state index >= 15 is 0 Å². The molecule has 1 atom stereocenters. The molecule has 0 N–H and O–H groups in total. The van der Waals surface area contributed by atoms with E-state index in [1.54, 1.807) is 24.3 Å². The number of rotatable bonds is 4. The molecule has 0 radical (unpaired) electrons. The number of benzene rings is 1. The topological polar surface area (TPSA) is 76.8 Å². The highest BCUT2D eigenvalue weighted by molar-refractivity contribution is 8.18. The summed E-state index contributed by atoms with van der Waals surface area (Å²) >= 11 is 6.80. The van der Waals surface area contributed by atoms with Crippen LogP contribution in [0.25, 0.3) is 17.4 Å². The minimum atomic E-state index is -0.991. The van der Waals surface area contributed by atoms with E-state index < -0.39 is 23.2 Å². The van der Waals surface area contributed by atoms with E-state index in [9.17, 15) is 14.4 Å². The Morgan fingerprint density at radius 1 is 1.30 bits per heavy atom. The molecule has 6 nitrogen and oxygen atoms in total. The Labute approximate surface area is 165 Å². The van der Waals surface area contributed by atoms with Gasteiger partial charge in [0.15, 0.2) is 0 Å². The Morgan fingerprint density at radius 2 is 2.04 bits per heavy atom. The van der Waals surface area contributed by atoms with Crippen LogP contribution in [0.1, 0.15) is 18.2 Å². The van der Waals surface area contributed by atoms with Crippen molar-refractivity contribution in [2.45, 2.75) is 19.9 Å². The quantitative estimate of drug-likeness (QED) is 0.550. The number of furan rings is 1. The average Bonchev–Trinajstić information content (AvgIpc) is 3.20. The molecule has 0 spiro atoms. The van der Waals surface area contributed by atoms with E-state index in [0.29, 0.717) is 16.5 Å². The molecule has 140 valence electrons. The van der Waals surface area contributed by atoms with Crippen LogP contribution in [0.5, 0.6) is 0 Å². The highest BCUT2D eigenvalue weighted by Gasteiger charge is 2.41. The van der Waals surface area contributed by atoms with Gasteiger partial charge in [0.2, 0.25) is 0 Å². The number of methoxy groups -OCH3 is 1. The number of imide groups is 1. The van der Waals surface area contributed by atoms with Crippen molar-refractivity contribution in [2.75, 3.05) is 7.11 Å². The number of carbonyl (C=O) groups is 3. The minimum Gasteiger partial charge on any atom is -0.467 e. The number of aryl methyl sites for hydroxylation is 1. The third-order valence-corrected chi connectivity index (χ3v) is 5.24. The molecule has 2 aromatic rings. The van der Waals surface area contributed by atoms with E-state index in [1.165, 1.54) is 20.1 Å². The van der Waals surface area contributed by atoms with Crippen molar-refractivity contribution in [1.82, 2.24) is 4.90 Å². The maximum Gasteiger partial charge on any atom is 0.328 e. The lowest BCUT2D eigenvalue weighted by Crippen LogP contribution is -2.42. The minimum absolute atomic E-state index is 0.180. The van der Waals surface area contributed by atoms with Gasteiger partial charge in [-0.2, -0.15) is 0 Å². The van der Waals surface area contributed by atoms with Crippen molar-refractivity contribution in [1.29, 1.82) is 0 Å². The first-order valence-electron chi connectivity index (χ1n) is 8.03. The Morgan fingerprint density at radius 3 is 2.74 bits per heavy atom. The first-order chi connectivity index (χ1) is 12.8. The third-order valence-electron chi connectivity index (χ3n) is 4.12. The van der Waals surface area contributed by atoms with Crippen molar-refractivity contribution in [3.8, 4) is 11.3 Å². The Bertz CT molecular complexity index is 965. The van der Waals surface area contributed by atoms with E-state index in [0.717, 1.165) is 27.8 Å². The Balaban J connectivity index is 1.87. The predicted octanol–water partition coefficient (Wildman–Crippen LogP) is 4.51. The standard InChI is InChI=1S/C19H16ClNO5S/c1-10-4-5-12(20)8-14(10)15-7-6-13(26-15)9-16-17(22)21(19(24)27-16)11(2)18(23)25-3/h4-9,11H,1-3H3/b16-9+/t11-/m1/s1. The summed E-state index contributed by atoms with van der Waals surface area (Å²) in [5, 5.41) is 0.0630. The average molecular weight is 406 g/mol. The number of ether oxygens (including phenoxy) is 1. The number of hydrogen-bond donors (Lipinski definition) is 0. The molecule has 27 heavy (non-hydrogen) atoms. The maximum absolute atomic E-state index is 12.5. The lowest BCUT2D eigenvalue weighted by molar-refractivity contribution is -0.148. The number of carbonyl (C=O) groups excluding carboxylic acids is 3. The maximum atomic E-state index is 12.5. The van der Waals surface area contributed by atoms with Crippen molar-refractivity contribution in [3.05, 3.63) is 51.6 Å². The molecular weight excluding hydrogens is 390 g/mol. The van der Waals surface area contributed by atoms with Crippen molar-refractivity contribution in [2.24, 2.45) is 0 Å². The van der Waals surface area contributed by atoms with Crippen LogP contribution in [0.4, 0.5) is 4.79 Å².